The van der Waals surface area contributed by atoms with E-state index in [2.05, 4.69) is 59.3 Å². The van der Waals surface area contributed by atoms with Gasteiger partial charge in [0.15, 0.2) is 11.5 Å². The molecule has 1 fully saturated rings. The standard InChI is InChI=1S/C23H30N2O2.2ClH/c1-3-15-27-22-10-9-20(16-23(22)26-2)17-24-21-11-13-25(14-12-21)18-19-7-5-4-6-8-19;;/h3-10,16,21,24H,1,11-15,17-18H2,2H3;2*1H. The minimum atomic E-state index is 0. The van der Waals surface area contributed by atoms with Gasteiger partial charge >= 0.3 is 0 Å². The molecule has 1 aliphatic heterocycles. The van der Waals surface area contributed by atoms with Gasteiger partial charge in [0.2, 0.25) is 0 Å². The lowest BCUT2D eigenvalue weighted by Gasteiger charge is -2.32. The second-order valence-corrected chi connectivity index (χ2v) is 7.00. The number of nitrogens with one attached hydrogen (secondary N) is 1. The number of nitrogens with zero attached hydrogens (tertiary/aromatic N) is 1. The van der Waals surface area contributed by atoms with Crippen LogP contribution in [0.3, 0.4) is 0 Å². The maximum atomic E-state index is 5.62. The maximum Gasteiger partial charge on any atom is 0.161 e. The van der Waals surface area contributed by atoms with Gasteiger partial charge in [0.1, 0.15) is 6.61 Å². The molecule has 2 aromatic carbocycles. The minimum Gasteiger partial charge on any atom is -0.493 e. The zero-order valence-corrected chi connectivity index (χ0v) is 18.6. The Morgan fingerprint density at radius 2 is 1.76 bits per heavy atom. The monoisotopic (exact) mass is 438 g/mol. The molecule has 1 saturated heterocycles. The van der Waals surface area contributed by atoms with Crippen LogP contribution in [0.2, 0.25) is 0 Å². The summed E-state index contributed by atoms with van der Waals surface area (Å²) in [4.78, 5) is 2.54. The molecule has 0 atom stereocenters. The smallest absolute Gasteiger partial charge is 0.161 e. The molecule has 29 heavy (non-hydrogen) atoms. The van der Waals surface area contributed by atoms with Crippen LogP contribution in [0.4, 0.5) is 0 Å². The summed E-state index contributed by atoms with van der Waals surface area (Å²) in [6, 6.07) is 17.4. The number of ether oxygens (including phenoxy) is 2. The first-order valence-electron chi connectivity index (χ1n) is 9.68. The van der Waals surface area contributed by atoms with Crippen LogP contribution in [0, 0.1) is 0 Å². The fourth-order valence-corrected chi connectivity index (χ4v) is 3.49. The fraction of sp³-hybridized carbons (Fsp3) is 0.391. The summed E-state index contributed by atoms with van der Waals surface area (Å²) < 4.78 is 11.1. The van der Waals surface area contributed by atoms with Crippen molar-refractivity contribution in [1.29, 1.82) is 0 Å². The number of rotatable bonds is 9. The molecule has 0 saturated carbocycles. The van der Waals surface area contributed by atoms with Gasteiger partial charge in [-0.05, 0) is 49.2 Å². The first-order valence-corrected chi connectivity index (χ1v) is 9.68. The van der Waals surface area contributed by atoms with Crippen LogP contribution < -0.4 is 14.8 Å². The van der Waals surface area contributed by atoms with Crippen molar-refractivity contribution in [3.8, 4) is 11.5 Å². The number of piperidine rings is 1. The molecule has 4 nitrogen and oxygen atoms in total. The first-order chi connectivity index (χ1) is 13.3. The number of hydrogen-bond acceptors (Lipinski definition) is 4. The van der Waals surface area contributed by atoms with Gasteiger partial charge in [-0.25, -0.2) is 0 Å². The molecule has 0 amide bonds. The van der Waals surface area contributed by atoms with Gasteiger partial charge in [0, 0.05) is 19.1 Å². The predicted molar refractivity (Wildman–Crippen MR) is 125 cm³/mol. The summed E-state index contributed by atoms with van der Waals surface area (Å²) in [6.07, 6.45) is 4.11. The van der Waals surface area contributed by atoms with E-state index in [0.29, 0.717) is 12.6 Å². The number of halogens is 2. The van der Waals surface area contributed by atoms with E-state index in [0.717, 1.165) is 37.7 Å². The lowest BCUT2D eigenvalue weighted by Crippen LogP contribution is -2.41. The van der Waals surface area contributed by atoms with Crippen molar-refractivity contribution in [3.05, 3.63) is 72.3 Å². The largest absolute Gasteiger partial charge is 0.493 e. The van der Waals surface area contributed by atoms with Gasteiger partial charge in [0.25, 0.3) is 0 Å². The van der Waals surface area contributed by atoms with Gasteiger partial charge in [-0.15, -0.1) is 24.8 Å². The first kappa shape index (κ1) is 25.3. The van der Waals surface area contributed by atoms with Crippen molar-refractivity contribution >= 4 is 24.8 Å². The van der Waals surface area contributed by atoms with Crippen LogP contribution >= 0.6 is 24.8 Å². The minimum absolute atomic E-state index is 0. The number of methoxy groups -OCH3 is 1. The molecule has 0 spiro atoms. The van der Waals surface area contributed by atoms with Crippen molar-refractivity contribution in [1.82, 2.24) is 10.2 Å². The van der Waals surface area contributed by atoms with E-state index in [1.165, 1.54) is 24.0 Å². The average Bonchev–Trinajstić information content (AvgIpc) is 2.72. The topological polar surface area (TPSA) is 33.7 Å². The average molecular weight is 439 g/mol. The van der Waals surface area contributed by atoms with Crippen LogP contribution in [-0.2, 0) is 13.1 Å². The molecule has 1 heterocycles. The zero-order valence-electron chi connectivity index (χ0n) is 17.0. The number of hydrogen-bond donors (Lipinski definition) is 1. The van der Waals surface area contributed by atoms with Gasteiger partial charge in [0.05, 0.1) is 7.11 Å². The Balaban J connectivity index is 0.00000210. The molecule has 3 rings (SSSR count). The molecule has 0 aromatic heterocycles. The Morgan fingerprint density at radius 3 is 2.41 bits per heavy atom. The zero-order chi connectivity index (χ0) is 18.9. The summed E-state index contributed by atoms with van der Waals surface area (Å²) in [5, 5.41) is 3.70. The third-order valence-corrected chi connectivity index (χ3v) is 5.02. The van der Waals surface area contributed by atoms with Crippen LogP contribution in [0.15, 0.2) is 61.2 Å². The third-order valence-electron chi connectivity index (χ3n) is 5.02. The summed E-state index contributed by atoms with van der Waals surface area (Å²) in [5.74, 6) is 1.53. The quantitative estimate of drug-likeness (QED) is 0.566. The molecule has 160 valence electrons. The molecule has 1 aliphatic rings. The van der Waals surface area contributed by atoms with Crippen LogP contribution in [-0.4, -0.2) is 37.7 Å². The molecule has 0 radical (unpaired) electrons. The highest BCUT2D eigenvalue weighted by atomic mass is 35.5. The normalized spacial score (nSPS) is 14.4. The van der Waals surface area contributed by atoms with Crippen molar-refractivity contribution < 1.29 is 9.47 Å². The van der Waals surface area contributed by atoms with Crippen LogP contribution in [0.1, 0.15) is 24.0 Å². The van der Waals surface area contributed by atoms with E-state index in [9.17, 15) is 0 Å². The van der Waals surface area contributed by atoms with Gasteiger partial charge in [-0.1, -0.05) is 49.1 Å². The van der Waals surface area contributed by atoms with Gasteiger partial charge in [-0.2, -0.15) is 0 Å². The molecule has 6 heteroatoms. The van der Waals surface area contributed by atoms with E-state index in [-0.39, 0.29) is 24.8 Å². The van der Waals surface area contributed by atoms with E-state index in [4.69, 9.17) is 9.47 Å². The molecular formula is C23H32Cl2N2O2. The summed E-state index contributed by atoms with van der Waals surface area (Å²) in [6.45, 7) is 8.35. The van der Waals surface area contributed by atoms with Crippen molar-refractivity contribution in [2.45, 2.75) is 32.0 Å². The molecular weight excluding hydrogens is 407 g/mol. The second-order valence-electron chi connectivity index (χ2n) is 7.00. The highest BCUT2D eigenvalue weighted by molar-refractivity contribution is 5.85. The van der Waals surface area contributed by atoms with E-state index >= 15 is 0 Å². The van der Waals surface area contributed by atoms with Crippen LogP contribution in [0.25, 0.3) is 0 Å². The summed E-state index contributed by atoms with van der Waals surface area (Å²) in [5.41, 5.74) is 2.61. The SMILES string of the molecule is C=CCOc1ccc(CNC2CCN(Cc3ccccc3)CC2)cc1OC.Cl.Cl. The highest BCUT2D eigenvalue weighted by Gasteiger charge is 2.19. The lowest BCUT2D eigenvalue weighted by molar-refractivity contribution is 0.190. The third kappa shape index (κ3) is 7.90. The number of likely N-dealkylation sites (tertiary alicyclic amines) is 1. The van der Waals surface area contributed by atoms with Crippen molar-refractivity contribution in [3.63, 3.8) is 0 Å². The fourth-order valence-electron chi connectivity index (χ4n) is 3.49. The summed E-state index contributed by atoms with van der Waals surface area (Å²) >= 11 is 0. The lowest BCUT2D eigenvalue weighted by atomic mass is 10.0. The Hall–Kier alpha value is -1.72. The number of benzene rings is 2. The molecule has 1 N–H and O–H groups in total. The van der Waals surface area contributed by atoms with Gasteiger partial charge in [-0.3, -0.25) is 4.90 Å². The Bertz CT molecular complexity index is 720. The van der Waals surface area contributed by atoms with Crippen LogP contribution in [0.5, 0.6) is 11.5 Å². The highest BCUT2D eigenvalue weighted by Crippen LogP contribution is 2.28. The molecule has 0 unspecified atom stereocenters. The van der Waals surface area contributed by atoms with Crippen molar-refractivity contribution in [2.75, 3.05) is 26.8 Å². The Morgan fingerprint density at radius 1 is 1.03 bits per heavy atom. The van der Waals surface area contributed by atoms with E-state index < -0.39 is 0 Å². The van der Waals surface area contributed by atoms with E-state index in [1.54, 1.807) is 13.2 Å². The maximum absolute atomic E-state index is 5.62. The van der Waals surface area contributed by atoms with Gasteiger partial charge < -0.3 is 14.8 Å². The predicted octanol–water partition coefficient (Wildman–Crippen LogP) is 4.86. The Kier molecular flexibility index (Phi) is 11.8. The van der Waals surface area contributed by atoms with Crippen molar-refractivity contribution in [2.24, 2.45) is 0 Å². The molecule has 0 aliphatic carbocycles. The molecule has 2 aromatic rings. The Labute approximate surface area is 187 Å². The molecule has 0 bridgehead atoms. The second kappa shape index (κ2) is 13.5. The van der Waals surface area contributed by atoms with E-state index in [1.807, 2.05) is 6.07 Å². The summed E-state index contributed by atoms with van der Waals surface area (Å²) in [7, 11) is 1.68.